The summed E-state index contributed by atoms with van der Waals surface area (Å²) in [6, 6.07) is 2.62. The number of aryl methyl sites for hydroxylation is 1. The van der Waals surface area contributed by atoms with E-state index in [1.807, 2.05) is 0 Å². The van der Waals surface area contributed by atoms with Gasteiger partial charge in [-0.05, 0) is 68.1 Å². The second kappa shape index (κ2) is 6.94. The Morgan fingerprint density at radius 3 is 2.55 bits per heavy atom. The number of hydrogen-bond donors (Lipinski definition) is 1. The van der Waals surface area contributed by atoms with Crippen LogP contribution in [0.3, 0.4) is 0 Å². The molecule has 1 N–H and O–H groups in total. The van der Waals surface area contributed by atoms with Crippen molar-refractivity contribution in [2.75, 3.05) is 19.6 Å². The van der Waals surface area contributed by atoms with E-state index in [-0.39, 0.29) is 48.1 Å². The quantitative estimate of drug-likeness (QED) is 0.761. The van der Waals surface area contributed by atoms with Crippen molar-refractivity contribution in [1.29, 1.82) is 0 Å². The maximum atomic E-state index is 13.8. The number of nitrogens with zero attached hydrogens (tertiary/aromatic N) is 4. The maximum Gasteiger partial charge on any atom is 0.433 e. The highest BCUT2D eigenvalue weighted by molar-refractivity contribution is 5.98. The molecule has 3 saturated carbocycles. The Morgan fingerprint density at radius 2 is 1.94 bits per heavy atom. The highest BCUT2D eigenvalue weighted by Crippen LogP contribution is 2.53. The van der Waals surface area contributed by atoms with Gasteiger partial charge in [0.1, 0.15) is 12.2 Å². The van der Waals surface area contributed by atoms with Gasteiger partial charge in [-0.25, -0.2) is 4.52 Å². The fourth-order valence-corrected chi connectivity index (χ4v) is 5.71. The Kier molecular flexibility index (Phi) is 4.41. The number of carbonyl (C=O) groups is 2. The van der Waals surface area contributed by atoms with E-state index in [4.69, 9.17) is 0 Å². The van der Waals surface area contributed by atoms with Gasteiger partial charge in [-0.15, -0.1) is 0 Å². The zero-order valence-electron chi connectivity index (χ0n) is 18.2. The molecule has 3 aliphatic carbocycles. The van der Waals surface area contributed by atoms with Gasteiger partial charge in [0, 0.05) is 18.7 Å². The van der Waals surface area contributed by atoms with Gasteiger partial charge in [-0.3, -0.25) is 9.59 Å². The molecular weight excluding hydrogens is 437 g/mol. The number of amides is 2. The molecule has 1 saturated heterocycles. The van der Waals surface area contributed by atoms with E-state index in [1.165, 1.54) is 4.90 Å². The Bertz CT molecular complexity index is 1170. The summed E-state index contributed by atoms with van der Waals surface area (Å²) in [5.41, 5.74) is 0.326. The second-order valence-corrected chi connectivity index (χ2v) is 9.98. The maximum absolute atomic E-state index is 13.8. The molecule has 10 heteroatoms. The lowest BCUT2D eigenvalue weighted by molar-refractivity contribution is -0.142. The average Bonchev–Trinajstić information content (AvgIpc) is 3.68. The van der Waals surface area contributed by atoms with Gasteiger partial charge in [0.05, 0.1) is 17.7 Å². The molecule has 0 bridgehead atoms. The number of fused-ring (bicyclic) bond motifs is 2. The smallest absolute Gasteiger partial charge is 0.391 e. The molecule has 0 unspecified atom stereocenters. The molecule has 4 aliphatic rings. The van der Waals surface area contributed by atoms with Gasteiger partial charge in [0.2, 0.25) is 5.91 Å². The first-order valence-electron chi connectivity index (χ1n) is 11.5. The molecule has 7 nitrogen and oxygen atoms in total. The molecule has 1 aliphatic heterocycles. The van der Waals surface area contributed by atoms with Crippen LogP contribution in [0.4, 0.5) is 13.2 Å². The summed E-state index contributed by atoms with van der Waals surface area (Å²) in [5, 5.41) is 14.5. The predicted octanol–water partition coefficient (Wildman–Crippen LogP) is 2.59. The van der Waals surface area contributed by atoms with E-state index in [0.717, 1.165) is 36.3 Å². The van der Waals surface area contributed by atoms with Crippen LogP contribution in [0.1, 0.15) is 58.9 Å². The Hall–Kier alpha value is -2.62. The third-order valence-corrected chi connectivity index (χ3v) is 7.84. The molecule has 4 fully saturated rings. The van der Waals surface area contributed by atoms with E-state index in [9.17, 15) is 27.9 Å². The van der Waals surface area contributed by atoms with Crippen molar-refractivity contribution in [2.24, 2.45) is 11.8 Å². The third kappa shape index (κ3) is 3.33. The van der Waals surface area contributed by atoms with Crippen LogP contribution in [0.25, 0.3) is 5.52 Å². The third-order valence-electron chi connectivity index (χ3n) is 7.84. The summed E-state index contributed by atoms with van der Waals surface area (Å²) >= 11 is 0. The monoisotopic (exact) mass is 462 g/mol. The first-order chi connectivity index (χ1) is 15.6. The van der Waals surface area contributed by atoms with Crippen molar-refractivity contribution >= 4 is 17.3 Å². The molecule has 2 aromatic heterocycles. The van der Waals surface area contributed by atoms with E-state index >= 15 is 0 Å². The van der Waals surface area contributed by atoms with Crippen LogP contribution in [0.2, 0.25) is 0 Å². The van der Waals surface area contributed by atoms with Gasteiger partial charge >= 0.3 is 6.18 Å². The lowest BCUT2D eigenvalue weighted by Crippen LogP contribution is -2.57. The first kappa shape index (κ1) is 20.9. The van der Waals surface area contributed by atoms with Crippen LogP contribution in [-0.4, -0.2) is 68.1 Å². The zero-order chi connectivity index (χ0) is 23.2. The van der Waals surface area contributed by atoms with E-state index in [2.05, 4.69) is 5.10 Å². The summed E-state index contributed by atoms with van der Waals surface area (Å²) in [5.74, 6) is 0.105. The Labute approximate surface area is 188 Å². The fraction of sp³-hybridized carbons (Fsp3) is 0.609. The minimum Gasteiger partial charge on any atom is -0.391 e. The number of aromatic nitrogens is 2. The van der Waals surface area contributed by atoms with E-state index in [0.29, 0.717) is 23.6 Å². The number of aliphatic hydroxyl groups excluding tert-OH is 1. The highest BCUT2D eigenvalue weighted by Gasteiger charge is 2.55. The van der Waals surface area contributed by atoms with Crippen LogP contribution in [0.5, 0.6) is 0 Å². The molecule has 33 heavy (non-hydrogen) atoms. The molecule has 3 heterocycles. The summed E-state index contributed by atoms with van der Waals surface area (Å²) in [6.07, 6.45) is -1.60. The standard InChI is InChI=1S/C23H25F3N4O3/c1-11-16-7-13(12-2-3-12)9-18(23(24,25)26)30(16)27-20(11)22(33)28-4-5-29(19(31)10-28)17-8-14-6-15(14)21(17)32/h7,9,12,14-15,17,21,32H,2-6,8,10H2,1H3/t14-,15-,17-,21-/m0/s1. The van der Waals surface area contributed by atoms with Crippen molar-refractivity contribution in [1.82, 2.24) is 19.4 Å². The second-order valence-electron chi connectivity index (χ2n) is 9.98. The lowest BCUT2D eigenvalue weighted by Gasteiger charge is -2.39. The van der Waals surface area contributed by atoms with Gasteiger partial charge in [-0.2, -0.15) is 18.3 Å². The molecule has 0 aromatic carbocycles. The average molecular weight is 462 g/mol. The SMILES string of the molecule is Cc1c(C(=O)N2CCN([C@H]3C[C@@H]4C[C@@H]4[C@@H]3O)C(=O)C2)nn2c(C(F)(F)F)cc(C3CC3)cc12. The number of carbonyl (C=O) groups excluding carboxylic acids is 2. The molecule has 4 atom stereocenters. The van der Waals surface area contributed by atoms with Crippen LogP contribution in [0.15, 0.2) is 12.1 Å². The van der Waals surface area contributed by atoms with Gasteiger partial charge in [0.15, 0.2) is 5.69 Å². The topological polar surface area (TPSA) is 78.2 Å². The van der Waals surface area contributed by atoms with Crippen LogP contribution in [-0.2, 0) is 11.0 Å². The Balaban J connectivity index is 1.27. The molecule has 2 aromatic rings. The largest absolute Gasteiger partial charge is 0.433 e. The van der Waals surface area contributed by atoms with Crippen molar-refractivity contribution in [3.05, 3.63) is 34.6 Å². The number of hydrogen-bond acceptors (Lipinski definition) is 4. The summed E-state index contributed by atoms with van der Waals surface area (Å²) < 4.78 is 42.1. The number of piperazine rings is 1. The molecule has 176 valence electrons. The molecule has 6 rings (SSSR count). The van der Waals surface area contributed by atoms with Gasteiger partial charge in [0.25, 0.3) is 5.91 Å². The summed E-state index contributed by atoms with van der Waals surface area (Å²) in [4.78, 5) is 29.1. The normalized spacial score (nSPS) is 29.7. The van der Waals surface area contributed by atoms with Gasteiger partial charge < -0.3 is 14.9 Å². The number of halogens is 3. The van der Waals surface area contributed by atoms with E-state index in [1.54, 1.807) is 17.9 Å². The zero-order valence-corrected chi connectivity index (χ0v) is 18.2. The van der Waals surface area contributed by atoms with Crippen LogP contribution in [0, 0.1) is 18.8 Å². The minimum atomic E-state index is -4.60. The van der Waals surface area contributed by atoms with Crippen LogP contribution >= 0.6 is 0 Å². The number of pyridine rings is 1. The predicted molar refractivity (Wildman–Crippen MR) is 111 cm³/mol. The number of rotatable bonds is 3. The molecule has 2 amide bonds. The minimum absolute atomic E-state index is 0.0585. The van der Waals surface area contributed by atoms with Crippen molar-refractivity contribution in [2.45, 2.75) is 56.8 Å². The Morgan fingerprint density at radius 1 is 1.18 bits per heavy atom. The van der Waals surface area contributed by atoms with Crippen molar-refractivity contribution < 1.29 is 27.9 Å². The number of alkyl halides is 3. The highest BCUT2D eigenvalue weighted by atomic mass is 19.4. The number of aliphatic hydroxyl groups is 1. The molecular formula is C23H25F3N4O3. The van der Waals surface area contributed by atoms with Crippen molar-refractivity contribution in [3.63, 3.8) is 0 Å². The summed E-state index contributed by atoms with van der Waals surface area (Å²) in [6.45, 7) is 2.00. The van der Waals surface area contributed by atoms with Crippen LogP contribution < -0.4 is 0 Å². The fourth-order valence-electron chi connectivity index (χ4n) is 5.71. The van der Waals surface area contributed by atoms with Gasteiger partial charge in [-0.1, -0.05) is 0 Å². The first-order valence-corrected chi connectivity index (χ1v) is 11.5. The van der Waals surface area contributed by atoms with Crippen molar-refractivity contribution in [3.8, 4) is 0 Å². The summed E-state index contributed by atoms with van der Waals surface area (Å²) in [7, 11) is 0. The molecule has 0 radical (unpaired) electrons. The molecule has 0 spiro atoms. The van der Waals surface area contributed by atoms with E-state index < -0.39 is 23.9 Å². The lowest BCUT2D eigenvalue weighted by atomic mass is 10.1.